The van der Waals surface area contributed by atoms with Crippen LogP contribution < -0.4 is 0 Å². The molecule has 5 aromatic rings. The Hall–Kier alpha value is -3.86. The molecule has 0 aromatic heterocycles. The third kappa shape index (κ3) is 11.6. The molecule has 0 bridgehead atoms. The molecular formula is C47H53FNO5S+. The van der Waals surface area contributed by atoms with Crippen molar-refractivity contribution < 1.29 is 32.6 Å². The maximum Gasteiger partial charge on any atom is 0.137 e. The number of hydrogen-bond acceptors (Lipinski definition) is 6. The van der Waals surface area contributed by atoms with Crippen molar-refractivity contribution in [1.82, 2.24) is 0 Å². The zero-order chi connectivity index (χ0) is 37.7. The summed E-state index contributed by atoms with van der Waals surface area (Å²) < 4.78 is 49.0. The van der Waals surface area contributed by atoms with Crippen LogP contribution in [0.3, 0.4) is 0 Å². The third-order valence-corrected chi connectivity index (χ3v) is 11.7. The van der Waals surface area contributed by atoms with Gasteiger partial charge in [0.2, 0.25) is 0 Å². The van der Waals surface area contributed by atoms with Gasteiger partial charge in [-0.1, -0.05) is 127 Å². The second kappa shape index (κ2) is 19.8. The average molecular weight is 763 g/mol. The number of nitrogens with zero attached hydrogens (tertiary/aromatic N) is 1. The SMILES string of the molecule is C[N+]1(Cc2ccc(COC[C@H]3O[C@@H](Sc4ccc(F)cc4)[C@H](OCc4ccccc4)[C@@H](OCc4ccccc4)[C@@H]3OCc3ccccc3)cc2)CCCCC1. The first-order valence-electron chi connectivity index (χ1n) is 19.5. The molecule has 0 saturated carbocycles. The van der Waals surface area contributed by atoms with Crippen LogP contribution in [-0.2, 0) is 56.7 Å². The Bertz CT molecular complexity index is 1840. The number of quaternary nitrogens is 1. The van der Waals surface area contributed by atoms with Crippen LogP contribution in [0, 0.1) is 5.82 Å². The molecule has 5 aromatic carbocycles. The molecule has 2 aliphatic rings. The lowest BCUT2D eigenvalue weighted by atomic mass is 9.98. The van der Waals surface area contributed by atoms with Gasteiger partial charge in [-0.25, -0.2) is 4.39 Å². The lowest BCUT2D eigenvalue weighted by molar-refractivity contribution is -0.926. The third-order valence-electron chi connectivity index (χ3n) is 10.5. The summed E-state index contributed by atoms with van der Waals surface area (Å²) in [7, 11) is 2.38. The quantitative estimate of drug-likeness (QED) is 0.0880. The minimum Gasteiger partial charge on any atom is -0.374 e. The Morgan fingerprint density at radius 3 is 1.62 bits per heavy atom. The van der Waals surface area contributed by atoms with Crippen molar-refractivity contribution in [3.05, 3.63) is 173 Å². The fourth-order valence-corrected chi connectivity index (χ4v) is 8.66. The highest BCUT2D eigenvalue weighted by Crippen LogP contribution is 2.38. The van der Waals surface area contributed by atoms with E-state index >= 15 is 0 Å². The molecule has 2 heterocycles. The van der Waals surface area contributed by atoms with E-state index in [-0.39, 0.29) is 12.4 Å². The number of hydrogen-bond donors (Lipinski definition) is 0. The number of halogens is 1. The van der Waals surface area contributed by atoms with Crippen LogP contribution in [-0.4, -0.2) is 61.1 Å². The van der Waals surface area contributed by atoms with Gasteiger partial charge in [0.25, 0.3) is 0 Å². The van der Waals surface area contributed by atoms with Gasteiger partial charge < -0.3 is 28.2 Å². The first kappa shape index (κ1) is 39.4. The molecule has 0 aliphatic carbocycles. The lowest BCUT2D eigenvalue weighted by Gasteiger charge is -2.46. The zero-order valence-corrected chi connectivity index (χ0v) is 32.5. The average Bonchev–Trinajstić information content (AvgIpc) is 3.22. The molecule has 0 amide bonds. The predicted octanol–water partition coefficient (Wildman–Crippen LogP) is 9.75. The van der Waals surface area contributed by atoms with E-state index in [0.717, 1.165) is 38.2 Å². The van der Waals surface area contributed by atoms with Crippen molar-refractivity contribution in [2.75, 3.05) is 26.7 Å². The molecule has 0 unspecified atom stereocenters. The molecular weight excluding hydrogens is 710 g/mol. The van der Waals surface area contributed by atoms with E-state index < -0.39 is 29.9 Å². The number of benzene rings is 5. The van der Waals surface area contributed by atoms with Gasteiger partial charge in [0.1, 0.15) is 42.2 Å². The molecule has 2 saturated heterocycles. The summed E-state index contributed by atoms with van der Waals surface area (Å²) >= 11 is 1.50. The van der Waals surface area contributed by atoms with E-state index in [9.17, 15) is 4.39 Å². The zero-order valence-electron chi connectivity index (χ0n) is 31.7. The summed E-state index contributed by atoms with van der Waals surface area (Å²) in [5, 5.41) is 0. The van der Waals surface area contributed by atoms with Crippen LogP contribution in [0.1, 0.15) is 47.1 Å². The predicted molar refractivity (Wildman–Crippen MR) is 216 cm³/mol. The Morgan fingerprint density at radius 2 is 1.05 bits per heavy atom. The normalized spacial score (nSPS) is 22.3. The van der Waals surface area contributed by atoms with Gasteiger partial charge in [-0.05, 0) is 65.8 Å². The fourth-order valence-electron chi connectivity index (χ4n) is 7.53. The molecule has 2 aliphatic heterocycles. The Labute approximate surface area is 330 Å². The van der Waals surface area contributed by atoms with Crippen molar-refractivity contribution in [2.45, 2.75) is 87.0 Å². The summed E-state index contributed by atoms with van der Waals surface area (Å²) in [5.41, 5.74) is 5.11. The van der Waals surface area contributed by atoms with Gasteiger partial charge >= 0.3 is 0 Å². The standard InChI is InChI=1S/C47H53FNO5S/c1-49(28-12-5-13-29-49)30-36-20-22-40(23-21-36)31-50-35-43-44(51-32-37-14-6-2-7-15-37)45(52-33-38-16-8-3-9-17-38)46(53-34-39-18-10-4-11-19-39)47(54-43)55-42-26-24-41(48)25-27-42/h2-4,6-11,14-27,43-47H,5,12-13,28-35H2,1H3/q+1/t43-,44-,45+,46-,47+/m1/s1. The van der Waals surface area contributed by atoms with Gasteiger partial charge in [0.05, 0.1) is 53.2 Å². The smallest absolute Gasteiger partial charge is 0.137 e. The van der Waals surface area contributed by atoms with Gasteiger partial charge in [0, 0.05) is 10.5 Å². The molecule has 2 fully saturated rings. The number of ether oxygens (including phenoxy) is 5. The highest BCUT2D eigenvalue weighted by molar-refractivity contribution is 7.99. The highest BCUT2D eigenvalue weighted by atomic mass is 32.2. The van der Waals surface area contributed by atoms with E-state index in [1.807, 2.05) is 66.7 Å². The van der Waals surface area contributed by atoms with Crippen LogP contribution >= 0.6 is 11.8 Å². The minimum absolute atomic E-state index is 0.285. The van der Waals surface area contributed by atoms with Crippen molar-refractivity contribution in [3.63, 3.8) is 0 Å². The van der Waals surface area contributed by atoms with E-state index in [1.54, 1.807) is 12.1 Å². The van der Waals surface area contributed by atoms with Crippen molar-refractivity contribution >= 4 is 11.8 Å². The van der Waals surface area contributed by atoms with Crippen molar-refractivity contribution in [1.29, 1.82) is 0 Å². The maximum atomic E-state index is 14.0. The van der Waals surface area contributed by atoms with Crippen molar-refractivity contribution in [2.24, 2.45) is 0 Å². The van der Waals surface area contributed by atoms with Crippen LogP contribution in [0.15, 0.2) is 144 Å². The van der Waals surface area contributed by atoms with Gasteiger partial charge in [-0.2, -0.15) is 0 Å². The number of likely N-dealkylation sites (tertiary alicyclic amines) is 1. The van der Waals surface area contributed by atoms with Crippen LogP contribution in [0.25, 0.3) is 0 Å². The summed E-state index contributed by atoms with van der Waals surface area (Å²) in [6, 6.07) is 45.8. The van der Waals surface area contributed by atoms with E-state index in [2.05, 4.69) is 55.6 Å². The molecule has 8 heteroatoms. The summed E-state index contributed by atoms with van der Waals surface area (Å²) in [4.78, 5) is 0.866. The van der Waals surface area contributed by atoms with Crippen LogP contribution in [0.4, 0.5) is 4.39 Å². The molecule has 0 N–H and O–H groups in total. The second-order valence-corrected chi connectivity index (χ2v) is 16.2. The number of piperidine rings is 1. The summed E-state index contributed by atoms with van der Waals surface area (Å²) in [5.74, 6) is -0.286. The molecule has 7 rings (SSSR count). The van der Waals surface area contributed by atoms with Crippen molar-refractivity contribution in [3.8, 4) is 0 Å². The van der Waals surface area contributed by atoms with Gasteiger partial charge in [-0.15, -0.1) is 0 Å². The fraction of sp³-hybridized carbons (Fsp3) is 0.362. The molecule has 55 heavy (non-hydrogen) atoms. The monoisotopic (exact) mass is 762 g/mol. The number of thioether (sulfide) groups is 1. The lowest BCUT2D eigenvalue weighted by Crippen LogP contribution is -2.60. The number of rotatable bonds is 17. The van der Waals surface area contributed by atoms with Gasteiger partial charge in [-0.3, -0.25) is 0 Å². The molecule has 5 atom stereocenters. The Balaban J connectivity index is 1.14. The summed E-state index contributed by atoms with van der Waals surface area (Å²) in [6.07, 6.45) is 1.90. The van der Waals surface area contributed by atoms with Crippen LogP contribution in [0.2, 0.25) is 0 Å². The van der Waals surface area contributed by atoms with Gasteiger partial charge in [0.15, 0.2) is 0 Å². The topological polar surface area (TPSA) is 46.2 Å². The second-order valence-electron chi connectivity index (χ2n) is 15.0. The van der Waals surface area contributed by atoms with Crippen LogP contribution in [0.5, 0.6) is 0 Å². The first-order valence-corrected chi connectivity index (χ1v) is 20.4. The molecule has 0 spiro atoms. The highest BCUT2D eigenvalue weighted by Gasteiger charge is 2.49. The molecule has 6 nitrogen and oxygen atoms in total. The largest absolute Gasteiger partial charge is 0.374 e. The van der Waals surface area contributed by atoms with E-state index in [4.69, 9.17) is 23.7 Å². The minimum atomic E-state index is -0.534. The maximum absolute atomic E-state index is 14.0. The molecule has 288 valence electrons. The van der Waals surface area contributed by atoms with E-state index in [1.165, 1.54) is 61.8 Å². The van der Waals surface area contributed by atoms with E-state index in [0.29, 0.717) is 26.4 Å². The first-order chi connectivity index (χ1) is 27.0. The Morgan fingerprint density at radius 1 is 0.564 bits per heavy atom. The summed E-state index contributed by atoms with van der Waals surface area (Å²) in [6.45, 7) is 5.38. The Kier molecular flexibility index (Phi) is 14.2. The molecule has 0 radical (unpaired) electrons.